The van der Waals surface area contributed by atoms with Crippen LogP contribution in [0.15, 0.2) is 24.3 Å². The molecule has 4 heteroatoms. The third kappa shape index (κ3) is 1.87. The van der Waals surface area contributed by atoms with E-state index in [1.807, 2.05) is 18.2 Å². The van der Waals surface area contributed by atoms with E-state index < -0.39 is 0 Å². The van der Waals surface area contributed by atoms with Crippen LogP contribution in [-0.4, -0.2) is 12.2 Å². The first-order valence-electron chi connectivity index (χ1n) is 3.40. The number of rotatable bonds is 1. The molecule has 1 aromatic rings. The lowest BCUT2D eigenvalue weighted by Crippen LogP contribution is -2.31. The summed E-state index contributed by atoms with van der Waals surface area (Å²) < 4.78 is 0. The van der Waals surface area contributed by atoms with E-state index in [0.29, 0.717) is 10.1 Å². The molecule has 1 rings (SSSR count). The van der Waals surface area contributed by atoms with Gasteiger partial charge in [0.25, 0.3) is 0 Å². The Bertz CT molecular complexity index is 301. The maximum absolute atomic E-state index is 5.91. The molecule has 0 aromatic heterocycles. The van der Waals surface area contributed by atoms with Crippen molar-refractivity contribution in [1.82, 2.24) is 0 Å². The van der Waals surface area contributed by atoms with E-state index in [1.54, 1.807) is 18.0 Å². The molecule has 2 nitrogen and oxygen atoms in total. The highest BCUT2D eigenvalue weighted by atomic mass is 35.5. The van der Waals surface area contributed by atoms with Crippen molar-refractivity contribution in [3.63, 3.8) is 0 Å². The van der Waals surface area contributed by atoms with Crippen LogP contribution in [0.1, 0.15) is 0 Å². The van der Waals surface area contributed by atoms with Crippen molar-refractivity contribution in [3.05, 3.63) is 29.3 Å². The molecule has 64 valence electrons. The molecule has 0 unspecified atom stereocenters. The number of halogens is 1. The van der Waals surface area contributed by atoms with Gasteiger partial charge in [0, 0.05) is 7.05 Å². The molecule has 0 heterocycles. The first-order chi connectivity index (χ1) is 5.63. The van der Waals surface area contributed by atoms with E-state index >= 15 is 0 Å². The van der Waals surface area contributed by atoms with Gasteiger partial charge in [0.1, 0.15) is 0 Å². The van der Waals surface area contributed by atoms with Gasteiger partial charge in [-0.05, 0) is 24.4 Å². The lowest BCUT2D eigenvalue weighted by atomic mass is 10.3. The zero-order chi connectivity index (χ0) is 9.14. The Morgan fingerprint density at radius 2 is 2.08 bits per heavy atom. The van der Waals surface area contributed by atoms with Crippen molar-refractivity contribution in [1.29, 1.82) is 0 Å². The van der Waals surface area contributed by atoms with E-state index in [4.69, 9.17) is 29.6 Å². The second-order valence-electron chi connectivity index (χ2n) is 2.35. The van der Waals surface area contributed by atoms with Gasteiger partial charge in [0.2, 0.25) is 0 Å². The quantitative estimate of drug-likeness (QED) is 0.704. The van der Waals surface area contributed by atoms with Crippen LogP contribution >= 0.6 is 23.8 Å². The fraction of sp³-hybridized carbons (Fsp3) is 0.125. The van der Waals surface area contributed by atoms with Crippen LogP contribution in [0.2, 0.25) is 5.02 Å². The summed E-state index contributed by atoms with van der Waals surface area (Å²) in [7, 11) is 1.78. The highest BCUT2D eigenvalue weighted by molar-refractivity contribution is 7.80. The summed E-state index contributed by atoms with van der Waals surface area (Å²) in [6.07, 6.45) is 0. The maximum atomic E-state index is 5.91. The van der Waals surface area contributed by atoms with Crippen LogP contribution in [-0.2, 0) is 0 Å². The van der Waals surface area contributed by atoms with E-state index in [-0.39, 0.29) is 0 Å². The number of benzene rings is 1. The van der Waals surface area contributed by atoms with Gasteiger partial charge in [-0.15, -0.1) is 0 Å². The third-order valence-electron chi connectivity index (χ3n) is 1.54. The highest BCUT2D eigenvalue weighted by Gasteiger charge is 2.05. The lowest BCUT2D eigenvalue weighted by Gasteiger charge is -2.17. The third-order valence-corrected chi connectivity index (χ3v) is 2.14. The predicted octanol–water partition coefficient (Wildman–Crippen LogP) is 2.02. The second-order valence-corrected chi connectivity index (χ2v) is 3.17. The topological polar surface area (TPSA) is 29.3 Å². The number of thiocarbonyl (C=S) groups is 1. The minimum Gasteiger partial charge on any atom is -0.376 e. The molecule has 0 saturated carbocycles. The van der Waals surface area contributed by atoms with Crippen molar-refractivity contribution >= 4 is 34.6 Å². The molecule has 12 heavy (non-hydrogen) atoms. The van der Waals surface area contributed by atoms with Gasteiger partial charge in [-0.3, -0.25) is 0 Å². The van der Waals surface area contributed by atoms with Crippen LogP contribution in [0.4, 0.5) is 5.69 Å². The Hall–Kier alpha value is -0.800. The van der Waals surface area contributed by atoms with Crippen LogP contribution < -0.4 is 10.6 Å². The predicted molar refractivity (Wildman–Crippen MR) is 56.6 cm³/mol. The van der Waals surface area contributed by atoms with Gasteiger partial charge < -0.3 is 10.6 Å². The molecule has 0 fully saturated rings. The molecule has 0 atom stereocenters. The molecule has 0 aliphatic heterocycles. The fourth-order valence-electron chi connectivity index (χ4n) is 0.842. The summed E-state index contributed by atoms with van der Waals surface area (Å²) in [5, 5.41) is 0.955. The molecule has 0 saturated heterocycles. The lowest BCUT2D eigenvalue weighted by molar-refractivity contribution is 1.27. The monoisotopic (exact) mass is 200 g/mol. The summed E-state index contributed by atoms with van der Waals surface area (Å²) >= 11 is 10.7. The van der Waals surface area contributed by atoms with E-state index in [1.165, 1.54) is 0 Å². The molecule has 0 radical (unpaired) electrons. The van der Waals surface area contributed by atoms with Gasteiger partial charge in [0.05, 0.1) is 10.7 Å². The second kappa shape index (κ2) is 3.74. The van der Waals surface area contributed by atoms with Crippen molar-refractivity contribution < 1.29 is 0 Å². The summed E-state index contributed by atoms with van der Waals surface area (Å²) in [5.74, 6) is 0. The maximum Gasteiger partial charge on any atom is 0.170 e. The Balaban J connectivity index is 3.02. The standard InChI is InChI=1S/C8H9ClN2S/c1-11(8(10)12)7-5-3-2-4-6(7)9/h2-5H,1H3,(H2,10,12). The van der Waals surface area contributed by atoms with E-state index in [0.717, 1.165) is 5.69 Å². The smallest absolute Gasteiger partial charge is 0.170 e. The number of anilines is 1. The van der Waals surface area contributed by atoms with Gasteiger partial charge in [-0.1, -0.05) is 23.7 Å². The van der Waals surface area contributed by atoms with Gasteiger partial charge in [-0.25, -0.2) is 0 Å². The van der Waals surface area contributed by atoms with Crippen molar-refractivity contribution in [2.24, 2.45) is 5.73 Å². The Morgan fingerprint density at radius 3 is 2.58 bits per heavy atom. The summed E-state index contributed by atoms with van der Waals surface area (Å²) in [6.45, 7) is 0. The van der Waals surface area contributed by atoms with E-state index in [2.05, 4.69) is 0 Å². The van der Waals surface area contributed by atoms with Crippen LogP contribution in [0.5, 0.6) is 0 Å². The summed E-state index contributed by atoms with van der Waals surface area (Å²) in [4.78, 5) is 1.66. The molecule has 0 amide bonds. The molecule has 1 aromatic carbocycles. The zero-order valence-electron chi connectivity index (χ0n) is 6.62. The zero-order valence-corrected chi connectivity index (χ0v) is 8.19. The number of hydrogen-bond acceptors (Lipinski definition) is 1. The van der Waals surface area contributed by atoms with E-state index in [9.17, 15) is 0 Å². The summed E-state index contributed by atoms with van der Waals surface area (Å²) in [5.41, 5.74) is 6.26. The van der Waals surface area contributed by atoms with Crippen LogP contribution in [0.25, 0.3) is 0 Å². The number of nitrogens with two attached hydrogens (primary N) is 1. The molecular formula is C8H9ClN2S. The van der Waals surface area contributed by atoms with Crippen molar-refractivity contribution in [2.75, 3.05) is 11.9 Å². The number of para-hydroxylation sites is 1. The number of nitrogens with zero attached hydrogens (tertiary/aromatic N) is 1. The molecule has 2 N–H and O–H groups in total. The number of hydrogen-bond donors (Lipinski definition) is 1. The molecule has 0 aliphatic rings. The minimum absolute atomic E-state index is 0.308. The highest BCUT2D eigenvalue weighted by Crippen LogP contribution is 2.23. The van der Waals surface area contributed by atoms with Crippen molar-refractivity contribution in [2.45, 2.75) is 0 Å². The fourth-order valence-corrected chi connectivity index (χ4v) is 1.20. The van der Waals surface area contributed by atoms with Crippen molar-refractivity contribution in [3.8, 4) is 0 Å². The molecular weight excluding hydrogens is 192 g/mol. The van der Waals surface area contributed by atoms with Gasteiger partial charge in [-0.2, -0.15) is 0 Å². The minimum atomic E-state index is 0.308. The average molecular weight is 201 g/mol. The van der Waals surface area contributed by atoms with Crippen LogP contribution in [0, 0.1) is 0 Å². The first kappa shape index (κ1) is 9.29. The van der Waals surface area contributed by atoms with Gasteiger partial charge >= 0.3 is 0 Å². The normalized spacial score (nSPS) is 9.50. The molecule has 0 bridgehead atoms. The summed E-state index contributed by atoms with van der Waals surface area (Å²) in [6, 6.07) is 7.41. The SMILES string of the molecule is CN(C(N)=S)c1ccccc1Cl. The molecule has 0 aliphatic carbocycles. The Labute approximate surface area is 81.9 Å². The van der Waals surface area contributed by atoms with Gasteiger partial charge in [0.15, 0.2) is 5.11 Å². The average Bonchev–Trinajstić information content (AvgIpc) is 2.04. The Morgan fingerprint density at radius 1 is 1.50 bits per heavy atom. The van der Waals surface area contributed by atoms with Crippen LogP contribution in [0.3, 0.4) is 0 Å². The molecule has 0 spiro atoms. The largest absolute Gasteiger partial charge is 0.376 e. The Kier molecular flexibility index (Phi) is 2.89. The first-order valence-corrected chi connectivity index (χ1v) is 4.19.